The van der Waals surface area contributed by atoms with Crippen LogP contribution in [0.2, 0.25) is 0 Å². The molecule has 4 nitrogen and oxygen atoms in total. The zero-order chi connectivity index (χ0) is 4.50. The first kappa shape index (κ1) is 29.3. The van der Waals surface area contributed by atoms with Crippen LogP contribution < -0.4 is 0 Å². The molecule has 0 aromatic rings. The summed E-state index contributed by atoms with van der Waals surface area (Å²) in [6.07, 6.45) is 0. The summed E-state index contributed by atoms with van der Waals surface area (Å²) in [5, 5.41) is 0. The molecule has 9 heteroatoms. The molecule has 0 unspecified atom stereocenters. The van der Waals surface area contributed by atoms with Crippen LogP contribution >= 0.6 is 7.82 Å². The van der Waals surface area contributed by atoms with Crippen molar-refractivity contribution in [2.45, 2.75) is 0 Å². The molecule has 0 rings (SSSR count). The van der Waals surface area contributed by atoms with Gasteiger partial charge in [-0.3, -0.25) is 0 Å². The zero-order valence-corrected chi connectivity index (χ0v) is 9.71. The average molecular weight is 490 g/mol. The number of hydrogen-bond acceptors (Lipinski definition) is 1. The van der Waals surface area contributed by atoms with Crippen molar-refractivity contribution < 1.29 is 67.8 Å². The van der Waals surface area contributed by atoms with E-state index in [1.54, 1.807) is 0 Å². The van der Waals surface area contributed by atoms with Crippen molar-refractivity contribution >= 4 is 70.7 Å². The maximum Gasteiger partial charge on any atom is 0 e. The van der Waals surface area contributed by atoms with Gasteiger partial charge in [0.2, 0.25) is 0 Å². The molecule has 0 amide bonds. The van der Waals surface area contributed by atoms with Gasteiger partial charge < -0.3 is 14.7 Å². The third-order valence-electron chi connectivity index (χ3n) is 0. The Morgan fingerprint density at radius 2 is 1.11 bits per heavy atom. The zero-order valence-electron chi connectivity index (χ0n) is 3.14. The molecule has 0 atom stereocenters. The van der Waals surface area contributed by atoms with Gasteiger partial charge in [-0.15, -0.1) is 0 Å². The molecule has 0 saturated heterocycles. The van der Waals surface area contributed by atoms with Crippen molar-refractivity contribution in [1.29, 1.82) is 0 Å². The van der Waals surface area contributed by atoms with Gasteiger partial charge >= 0.3 is 53.3 Å². The smallest absolute Gasteiger partial charge is 0 e. The van der Waals surface area contributed by atoms with Crippen LogP contribution in [-0.4, -0.2) is 77.5 Å². The maximum atomic E-state index is 8.88. The summed E-state index contributed by atoms with van der Waals surface area (Å²) < 4.78 is 8.88. The van der Waals surface area contributed by atoms with E-state index in [1.807, 2.05) is 0 Å². The Kier molecular flexibility index (Phi) is 46.5. The first-order valence-electron chi connectivity index (χ1n) is 0.783. The van der Waals surface area contributed by atoms with Crippen LogP contribution in [-0.2, 0) is 53.1 Å². The second kappa shape index (κ2) is 14.3. The minimum absolute atomic E-state index is 0. The fraction of sp³-hybridized carbons (Fsp3) is 0. The van der Waals surface area contributed by atoms with Crippen molar-refractivity contribution in [3.05, 3.63) is 0 Å². The van der Waals surface area contributed by atoms with Crippen molar-refractivity contribution in [2.24, 2.45) is 0 Å². The molecule has 0 aliphatic heterocycles. The Morgan fingerprint density at radius 3 is 1.11 bits per heavy atom. The van der Waals surface area contributed by atoms with Crippen molar-refractivity contribution in [3.8, 4) is 0 Å². The molecule has 0 saturated carbocycles. The van der Waals surface area contributed by atoms with Crippen LogP contribution in [0, 0.1) is 0 Å². The monoisotopic (exact) mass is 489 g/mol. The van der Waals surface area contributed by atoms with E-state index in [-0.39, 0.29) is 111 Å². The molecule has 0 spiro atoms. The quantitative estimate of drug-likeness (QED) is 0.250. The van der Waals surface area contributed by atoms with Gasteiger partial charge in [-0.25, -0.2) is 4.57 Å². The molecule has 0 bridgehead atoms. The van der Waals surface area contributed by atoms with E-state index in [4.69, 9.17) is 19.2 Å². The number of rotatable bonds is 0. The van der Waals surface area contributed by atoms with Crippen LogP contribution in [0.1, 0.15) is 0 Å². The van der Waals surface area contributed by atoms with Crippen molar-refractivity contribution in [1.82, 2.24) is 0 Å². The summed E-state index contributed by atoms with van der Waals surface area (Å²) >= 11 is 0. The molecule has 9 heavy (non-hydrogen) atoms. The van der Waals surface area contributed by atoms with Crippen molar-refractivity contribution in [3.63, 3.8) is 0 Å². The fourth-order valence-corrected chi connectivity index (χ4v) is 0. The minimum atomic E-state index is -4.64. The van der Waals surface area contributed by atoms with Crippen LogP contribution in [0.3, 0.4) is 0 Å². The van der Waals surface area contributed by atoms with Crippen LogP contribution in [0.25, 0.3) is 0 Å². The molecule has 51 valence electrons. The van der Waals surface area contributed by atoms with Gasteiger partial charge in [-0.05, 0) is 0 Å². The Balaban J connectivity index is -0.0000000133. The van der Waals surface area contributed by atoms with E-state index >= 15 is 0 Å². The largest absolute Gasteiger partial charge is 0 e. The van der Waals surface area contributed by atoms with Gasteiger partial charge in [0.1, 0.15) is 0 Å². The molecule has 3 N–H and O–H groups in total. The summed E-state index contributed by atoms with van der Waals surface area (Å²) in [6.45, 7) is 0. The number of hydrogen-bond donors (Lipinski definition) is 3. The summed E-state index contributed by atoms with van der Waals surface area (Å²) in [5.74, 6) is 0. The Bertz CT molecular complexity index is 66.7. The van der Waals surface area contributed by atoms with Crippen LogP contribution in [0.5, 0.6) is 0 Å². The van der Waals surface area contributed by atoms with Gasteiger partial charge in [0.25, 0.3) is 0 Å². The van der Waals surface area contributed by atoms with Crippen LogP contribution in [0.4, 0.5) is 0 Å². The first-order chi connectivity index (χ1) is 2.00. The van der Waals surface area contributed by atoms with Gasteiger partial charge in [-0.2, -0.15) is 0 Å². The average Bonchev–Trinajstić information content (AvgIpc) is 0.722. The van der Waals surface area contributed by atoms with Gasteiger partial charge in [0.15, 0.2) is 17.4 Å². The van der Waals surface area contributed by atoms with E-state index < -0.39 is 7.82 Å². The Hall–Kier alpha value is 3.75. The standard InChI is InChI=1S/Al.H3O4P.Sr.Ta.Zr.5H/c;1-5(2,3)4;;;;;;;;/h;(H3,1,2,3,4);;;;;;;;. The predicted octanol–water partition coefficient (Wildman–Crippen LogP) is -3.03. The molecule has 1 radical (unpaired) electrons. The molecular formula is H8AlO4PSrTaZr. The van der Waals surface area contributed by atoms with Gasteiger partial charge in [0.05, 0.1) is 0 Å². The predicted molar refractivity (Wildman–Crippen MR) is 32.7 cm³/mol. The molecule has 0 aliphatic carbocycles. The SMILES string of the molecule is O=P(O)(O)O.[AlH3].[SrH2].[Ta].[Zr]. The van der Waals surface area contributed by atoms with E-state index in [1.165, 1.54) is 0 Å². The summed E-state index contributed by atoms with van der Waals surface area (Å²) in [5.41, 5.74) is 0. The molecule has 0 heterocycles. The minimum Gasteiger partial charge on any atom is 0 e. The van der Waals surface area contributed by atoms with Gasteiger partial charge in [-0.1, -0.05) is 0 Å². The topological polar surface area (TPSA) is 77.8 Å². The van der Waals surface area contributed by atoms with E-state index in [0.717, 1.165) is 0 Å². The first-order valence-corrected chi connectivity index (χ1v) is 2.35. The summed E-state index contributed by atoms with van der Waals surface area (Å²) in [4.78, 5) is 21.6. The Morgan fingerprint density at radius 1 is 1.11 bits per heavy atom. The summed E-state index contributed by atoms with van der Waals surface area (Å²) in [6, 6.07) is 0. The molecule has 0 aliphatic rings. The molecular weight excluding hydrogens is 482 g/mol. The van der Waals surface area contributed by atoms with Gasteiger partial charge in [0, 0.05) is 48.6 Å². The Labute approximate surface area is 135 Å². The van der Waals surface area contributed by atoms with E-state index in [2.05, 4.69) is 0 Å². The third kappa shape index (κ3) is 79.5. The molecule has 0 aromatic heterocycles. The summed E-state index contributed by atoms with van der Waals surface area (Å²) in [7, 11) is -4.64. The fourth-order valence-electron chi connectivity index (χ4n) is 0. The molecule has 0 aromatic carbocycles. The number of phosphoric acid groups is 1. The second-order valence-corrected chi connectivity index (χ2v) is 1.54. The van der Waals surface area contributed by atoms with Crippen LogP contribution in [0.15, 0.2) is 0 Å². The second-order valence-electron chi connectivity index (χ2n) is 0.513. The normalized spacial score (nSPS) is 6.56. The maximum absolute atomic E-state index is 8.88. The van der Waals surface area contributed by atoms with E-state index in [9.17, 15) is 0 Å². The van der Waals surface area contributed by atoms with Crippen molar-refractivity contribution in [2.75, 3.05) is 0 Å². The molecule has 0 fully saturated rings. The third-order valence-corrected chi connectivity index (χ3v) is 0. The van der Waals surface area contributed by atoms with E-state index in [0.29, 0.717) is 0 Å².